The zero-order valence-electron chi connectivity index (χ0n) is 18.2. The molecule has 31 heavy (non-hydrogen) atoms. The van der Waals surface area contributed by atoms with Crippen LogP contribution in [0.3, 0.4) is 0 Å². The molecular weight excluding hydrogens is 428 g/mol. The number of halogens is 1. The minimum atomic E-state index is 0.208. The van der Waals surface area contributed by atoms with Gasteiger partial charge in [0.1, 0.15) is 16.5 Å². The third-order valence-corrected chi connectivity index (χ3v) is 7.36. The number of hydrogen-bond acceptors (Lipinski definition) is 5. The summed E-state index contributed by atoms with van der Waals surface area (Å²) < 4.78 is 0. The summed E-state index contributed by atoms with van der Waals surface area (Å²) in [5, 5.41) is 1.17. The monoisotopic (exact) mass is 456 g/mol. The molecule has 0 bridgehead atoms. The number of anilines is 1. The van der Waals surface area contributed by atoms with E-state index in [0.717, 1.165) is 61.9 Å². The molecule has 1 aliphatic rings. The summed E-state index contributed by atoms with van der Waals surface area (Å²) in [4.78, 5) is 29.0. The Kier molecular flexibility index (Phi) is 7.08. The maximum absolute atomic E-state index is 12.4. The predicted molar refractivity (Wildman–Crippen MR) is 129 cm³/mol. The number of carbonyl (C=O) groups excluding carboxylic acids is 1. The van der Waals surface area contributed by atoms with E-state index < -0.39 is 0 Å². The van der Waals surface area contributed by atoms with Gasteiger partial charge in [0.15, 0.2) is 0 Å². The Hall–Kier alpha value is -2.18. The summed E-state index contributed by atoms with van der Waals surface area (Å²) in [7, 11) is 0. The topological polar surface area (TPSA) is 49.3 Å². The van der Waals surface area contributed by atoms with Crippen LogP contribution < -0.4 is 4.90 Å². The number of benzene rings is 1. The molecule has 0 aliphatic carbocycles. The van der Waals surface area contributed by atoms with Crippen molar-refractivity contribution in [2.75, 3.05) is 37.0 Å². The maximum atomic E-state index is 12.4. The molecule has 4 rings (SSSR count). The average molecular weight is 457 g/mol. The molecule has 3 heterocycles. The molecule has 5 nitrogen and oxygen atoms in total. The Morgan fingerprint density at radius 1 is 1.06 bits per heavy atom. The normalized spacial score (nSPS) is 14.4. The van der Waals surface area contributed by atoms with Crippen LogP contribution >= 0.6 is 22.9 Å². The van der Waals surface area contributed by atoms with Crippen LogP contribution in [0.15, 0.2) is 30.3 Å². The SMILES string of the molecule is Cc1sc2nc(CCc3ccccc3)nc(N3CCN(C(=O)CCCCl)CC3)c2c1C. The number of rotatable bonds is 7. The summed E-state index contributed by atoms with van der Waals surface area (Å²) in [5.41, 5.74) is 2.57. The lowest BCUT2D eigenvalue weighted by Gasteiger charge is -2.36. The van der Waals surface area contributed by atoms with Gasteiger partial charge in [-0.15, -0.1) is 22.9 Å². The molecule has 0 atom stereocenters. The zero-order valence-corrected chi connectivity index (χ0v) is 19.8. The summed E-state index contributed by atoms with van der Waals surface area (Å²) >= 11 is 7.50. The number of hydrogen-bond donors (Lipinski definition) is 0. The smallest absolute Gasteiger partial charge is 0.222 e. The number of alkyl halides is 1. The molecule has 2 aromatic heterocycles. The molecule has 7 heteroatoms. The molecule has 0 unspecified atom stereocenters. The second kappa shape index (κ2) is 9.96. The standard InChI is InChI=1S/C24H29ClN4OS/c1-17-18(2)31-24-22(17)23(26-20(27-24)11-10-19-7-4-3-5-8-19)29-15-13-28(14-16-29)21(30)9-6-12-25/h3-5,7-8H,6,9-16H2,1-2H3. The number of aromatic nitrogens is 2. The first-order valence-corrected chi connectivity index (χ1v) is 12.3. The van der Waals surface area contributed by atoms with Crippen LogP contribution in [-0.4, -0.2) is 52.8 Å². The lowest BCUT2D eigenvalue weighted by molar-refractivity contribution is -0.131. The van der Waals surface area contributed by atoms with Crippen LogP contribution in [0.2, 0.25) is 0 Å². The lowest BCUT2D eigenvalue weighted by atomic mass is 10.1. The number of aryl methyl sites for hydroxylation is 4. The van der Waals surface area contributed by atoms with Crippen LogP contribution in [0.4, 0.5) is 5.82 Å². The van der Waals surface area contributed by atoms with Gasteiger partial charge >= 0.3 is 0 Å². The van der Waals surface area contributed by atoms with Crippen LogP contribution in [-0.2, 0) is 17.6 Å². The molecule has 0 N–H and O–H groups in total. The van der Waals surface area contributed by atoms with E-state index in [1.54, 1.807) is 11.3 Å². The highest BCUT2D eigenvalue weighted by Gasteiger charge is 2.25. The van der Waals surface area contributed by atoms with Gasteiger partial charge in [-0.2, -0.15) is 0 Å². The van der Waals surface area contributed by atoms with E-state index in [9.17, 15) is 4.79 Å². The highest BCUT2D eigenvalue weighted by atomic mass is 35.5. The second-order valence-electron chi connectivity index (χ2n) is 8.07. The third-order valence-electron chi connectivity index (χ3n) is 5.99. The molecule has 1 aliphatic heterocycles. The van der Waals surface area contributed by atoms with E-state index in [4.69, 9.17) is 21.6 Å². The minimum Gasteiger partial charge on any atom is -0.352 e. The molecule has 1 amide bonds. The summed E-state index contributed by atoms with van der Waals surface area (Å²) in [5.74, 6) is 2.67. The fourth-order valence-corrected chi connectivity index (χ4v) is 5.23. The Bertz CT molecular complexity index is 1040. The number of piperazine rings is 1. The van der Waals surface area contributed by atoms with Crippen molar-refractivity contribution in [3.63, 3.8) is 0 Å². The van der Waals surface area contributed by atoms with Crippen molar-refractivity contribution in [1.29, 1.82) is 0 Å². The fourth-order valence-electron chi connectivity index (χ4n) is 4.06. The minimum absolute atomic E-state index is 0.208. The molecule has 3 aromatic rings. The van der Waals surface area contributed by atoms with E-state index in [2.05, 4.69) is 43.0 Å². The van der Waals surface area contributed by atoms with Crippen molar-refractivity contribution in [3.05, 3.63) is 52.2 Å². The number of nitrogens with zero attached hydrogens (tertiary/aromatic N) is 4. The summed E-state index contributed by atoms with van der Waals surface area (Å²) in [6.07, 6.45) is 3.02. The number of amides is 1. The van der Waals surface area contributed by atoms with Crippen LogP contribution in [0.5, 0.6) is 0 Å². The highest BCUT2D eigenvalue weighted by Crippen LogP contribution is 2.35. The summed E-state index contributed by atoms with van der Waals surface area (Å²) in [6, 6.07) is 10.5. The van der Waals surface area contributed by atoms with Gasteiger partial charge in [-0.05, 0) is 37.8 Å². The van der Waals surface area contributed by atoms with E-state index in [-0.39, 0.29) is 5.91 Å². The van der Waals surface area contributed by atoms with E-state index in [1.807, 2.05) is 11.0 Å². The Balaban J connectivity index is 1.55. The van der Waals surface area contributed by atoms with Crippen LogP contribution in [0.25, 0.3) is 10.2 Å². The quantitative estimate of drug-likeness (QED) is 0.481. The van der Waals surface area contributed by atoms with Crippen LogP contribution in [0, 0.1) is 13.8 Å². The summed E-state index contributed by atoms with van der Waals surface area (Å²) in [6.45, 7) is 7.37. The van der Waals surface area contributed by atoms with Crippen molar-refractivity contribution in [2.45, 2.75) is 39.5 Å². The number of carbonyl (C=O) groups is 1. The Morgan fingerprint density at radius 2 is 1.81 bits per heavy atom. The molecule has 1 saturated heterocycles. The number of fused-ring (bicyclic) bond motifs is 1. The Morgan fingerprint density at radius 3 is 2.52 bits per heavy atom. The number of thiophene rings is 1. The van der Waals surface area contributed by atoms with E-state index >= 15 is 0 Å². The van der Waals surface area contributed by atoms with Gasteiger partial charge < -0.3 is 9.80 Å². The van der Waals surface area contributed by atoms with Gasteiger partial charge in [-0.25, -0.2) is 9.97 Å². The van der Waals surface area contributed by atoms with Gasteiger partial charge in [0.25, 0.3) is 0 Å². The lowest BCUT2D eigenvalue weighted by Crippen LogP contribution is -2.49. The molecule has 1 fully saturated rings. The average Bonchev–Trinajstić information content (AvgIpc) is 3.09. The molecule has 0 saturated carbocycles. The van der Waals surface area contributed by atoms with E-state index in [0.29, 0.717) is 12.3 Å². The van der Waals surface area contributed by atoms with Crippen molar-refractivity contribution in [3.8, 4) is 0 Å². The zero-order chi connectivity index (χ0) is 21.8. The van der Waals surface area contributed by atoms with Gasteiger partial charge in [0.05, 0.1) is 5.39 Å². The predicted octanol–water partition coefficient (Wildman–Crippen LogP) is 4.76. The highest BCUT2D eigenvalue weighted by molar-refractivity contribution is 7.18. The molecular formula is C24H29ClN4OS. The Labute approximate surface area is 193 Å². The molecule has 164 valence electrons. The van der Waals surface area contributed by atoms with Crippen molar-refractivity contribution < 1.29 is 4.79 Å². The maximum Gasteiger partial charge on any atom is 0.222 e. The fraction of sp³-hybridized carbons (Fsp3) is 0.458. The first-order valence-electron chi connectivity index (χ1n) is 11.0. The van der Waals surface area contributed by atoms with Gasteiger partial charge in [0, 0.05) is 49.8 Å². The van der Waals surface area contributed by atoms with Gasteiger partial charge in [0.2, 0.25) is 5.91 Å². The van der Waals surface area contributed by atoms with Crippen molar-refractivity contribution >= 4 is 44.9 Å². The van der Waals surface area contributed by atoms with Gasteiger partial charge in [-0.3, -0.25) is 4.79 Å². The van der Waals surface area contributed by atoms with Gasteiger partial charge in [-0.1, -0.05) is 30.3 Å². The van der Waals surface area contributed by atoms with Crippen molar-refractivity contribution in [2.24, 2.45) is 0 Å². The largest absolute Gasteiger partial charge is 0.352 e. The van der Waals surface area contributed by atoms with E-state index in [1.165, 1.54) is 21.4 Å². The molecule has 0 spiro atoms. The third kappa shape index (κ3) is 5.01. The second-order valence-corrected chi connectivity index (χ2v) is 9.65. The van der Waals surface area contributed by atoms with Crippen LogP contribution in [0.1, 0.15) is 34.7 Å². The molecule has 0 radical (unpaired) electrons. The molecule has 1 aromatic carbocycles. The van der Waals surface area contributed by atoms with Crippen molar-refractivity contribution in [1.82, 2.24) is 14.9 Å². The first kappa shape index (κ1) is 22.0. The first-order chi connectivity index (χ1) is 15.1.